The molecule has 1 aromatic carbocycles. The molecule has 7 heteroatoms. The predicted octanol–water partition coefficient (Wildman–Crippen LogP) is 2.19. The molecule has 0 radical (unpaired) electrons. The molecule has 2 N–H and O–H groups in total. The van der Waals surface area contributed by atoms with Crippen molar-refractivity contribution in [3.05, 3.63) is 39.9 Å². The Morgan fingerprint density at radius 3 is 2.74 bits per heavy atom. The number of nitrogens with one attached hydrogen (secondary N) is 2. The molecule has 0 aliphatic rings. The predicted molar refractivity (Wildman–Crippen MR) is 79.3 cm³/mol. The van der Waals surface area contributed by atoms with Crippen LogP contribution < -0.4 is 10.7 Å². The molecular formula is C12H16N4O2S. The third-order valence-electron chi connectivity index (χ3n) is 1.95. The summed E-state index contributed by atoms with van der Waals surface area (Å²) in [4.78, 5) is 10.2. The Labute approximate surface area is 117 Å². The molecule has 0 atom stereocenters. The van der Waals surface area contributed by atoms with Crippen LogP contribution >= 0.6 is 12.2 Å². The summed E-state index contributed by atoms with van der Waals surface area (Å²) in [6.45, 7) is 5.93. The second-order valence-electron chi connectivity index (χ2n) is 4.93. The first kappa shape index (κ1) is 15.0. The van der Waals surface area contributed by atoms with Gasteiger partial charge in [0.15, 0.2) is 5.11 Å². The molecule has 0 amide bonds. The monoisotopic (exact) mass is 280 g/mol. The lowest BCUT2D eigenvalue weighted by Crippen LogP contribution is -2.44. The van der Waals surface area contributed by atoms with Crippen LogP contribution in [-0.4, -0.2) is 21.8 Å². The first-order valence-electron chi connectivity index (χ1n) is 5.63. The number of hydrazone groups is 1. The molecule has 0 heterocycles. The summed E-state index contributed by atoms with van der Waals surface area (Å²) in [7, 11) is 0. The third-order valence-corrected chi connectivity index (χ3v) is 2.14. The van der Waals surface area contributed by atoms with E-state index in [2.05, 4.69) is 15.8 Å². The molecule has 0 aromatic heterocycles. The highest BCUT2D eigenvalue weighted by Gasteiger charge is 2.10. The number of hydrogen-bond donors (Lipinski definition) is 2. The highest BCUT2D eigenvalue weighted by atomic mass is 32.1. The van der Waals surface area contributed by atoms with Gasteiger partial charge in [0, 0.05) is 23.2 Å². The minimum Gasteiger partial charge on any atom is -0.357 e. The number of benzene rings is 1. The summed E-state index contributed by atoms with van der Waals surface area (Å²) >= 11 is 5.04. The Morgan fingerprint density at radius 1 is 1.47 bits per heavy atom. The Kier molecular flexibility index (Phi) is 4.94. The van der Waals surface area contributed by atoms with Crippen molar-refractivity contribution in [3.8, 4) is 0 Å². The van der Waals surface area contributed by atoms with Gasteiger partial charge in [0.25, 0.3) is 5.69 Å². The Hall–Kier alpha value is -2.02. The van der Waals surface area contributed by atoms with Gasteiger partial charge < -0.3 is 5.32 Å². The maximum absolute atomic E-state index is 10.6. The van der Waals surface area contributed by atoms with E-state index in [0.717, 1.165) is 0 Å². The minimum absolute atomic E-state index is 0.0272. The number of non-ortho nitro benzene ring substituents is 1. The van der Waals surface area contributed by atoms with Crippen molar-refractivity contribution in [1.82, 2.24) is 10.7 Å². The van der Waals surface area contributed by atoms with Crippen molar-refractivity contribution in [2.45, 2.75) is 26.3 Å². The SMILES string of the molecule is CC(C)(C)NC(=S)N/N=C/c1cccc([N+](=O)[O-])c1. The maximum atomic E-state index is 10.6. The number of nitro benzene ring substituents is 1. The second kappa shape index (κ2) is 6.24. The van der Waals surface area contributed by atoms with Crippen molar-refractivity contribution in [2.75, 3.05) is 0 Å². The molecular weight excluding hydrogens is 264 g/mol. The van der Waals surface area contributed by atoms with Crippen LogP contribution in [0.3, 0.4) is 0 Å². The lowest BCUT2D eigenvalue weighted by Gasteiger charge is -2.21. The van der Waals surface area contributed by atoms with Gasteiger partial charge in [-0.1, -0.05) is 12.1 Å². The third kappa shape index (κ3) is 5.91. The van der Waals surface area contributed by atoms with E-state index >= 15 is 0 Å². The van der Waals surface area contributed by atoms with Crippen LogP contribution in [0, 0.1) is 10.1 Å². The maximum Gasteiger partial charge on any atom is 0.270 e. The fourth-order valence-electron chi connectivity index (χ4n) is 1.25. The molecule has 0 bridgehead atoms. The van der Waals surface area contributed by atoms with Crippen LogP contribution in [0.1, 0.15) is 26.3 Å². The summed E-state index contributed by atoms with van der Waals surface area (Å²) in [5, 5.41) is 18.0. The van der Waals surface area contributed by atoms with E-state index in [-0.39, 0.29) is 11.2 Å². The summed E-state index contributed by atoms with van der Waals surface area (Å²) < 4.78 is 0. The molecule has 102 valence electrons. The molecule has 0 fully saturated rings. The highest BCUT2D eigenvalue weighted by Crippen LogP contribution is 2.11. The standard InChI is InChI=1S/C12H16N4O2S/c1-12(2,3)14-11(19)15-13-8-9-5-4-6-10(7-9)16(17)18/h4-8H,1-3H3,(H2,14,15,19)/b13-8+. The number of nitro groups is 1. The zero-order valence-corrected chi connectivity index (χ0v) is 11.8. The summed E-state index contributed by atoms with van der Waals surface area (Å²) in [5.74, 6) is 0. The fraction of sp³-hybridized carbons (Fsp3) is 0.333. The quantitative estimate of drug-likeness (QED) is 0.384. The van der Waals surface area contributed by atoms with E-state index in [9.17, 15) is 10.1 Å². The van der Waals surface area contributed by atoms with Gasteiger partial charge in [0.1, 0.15) is 0 Å². The second-order valence-corrected chi connectivity index (χ2v) is 5.33. The van der Waals surface area contributed by atoms with Crippen LogP contribution in [0.15, 0.2) is 29.4 Å². The van der Waals surface area contributed by atoms with Gasteiger partial charge in [-0.2, -0.15) is 5.10 Å². The van der Waals surface area contributed by atoms with Gasteiger partial charge in [-0.15, -0.1) is 0 Å². The molecule has 0 spiro atoms. The molecule has 0 saturated carbocycles. The van der Waals surface area contributed by atoms with E-state index in [4.69, 9.17) is 12.2 Å². The first-order chi connectivity index (χ1) is 8.78. The van der Waals surface area contributed by atoms with E-state index in [1.807, 2.05) is 20.8 Å². The van der Waals surface area contributed by atoms with Gasteiger partial charge in [0.05, 0.1) is 11.1 Å². The minimum atomic E-state index is -0.448. The number of rotatable bonds is 3. The van der Waals surface area contributed by atoms with Gasteiger partial charge in [-0.25, -0.2) is 0 Å². The van der Waals surface area contributed by atoms with E-state index in [1.165, 1.54) is 18.3 Å². The molecule has 0 aliphatic carbocycles. The van der Waals surface area contributed by atoms with Crippen LogP contribution in [0.5, 0.6) is 0 Å². The average Bonchev–Trinajstić information content (AvgIpc) is 2.27. The largest absolute Gasteiger partial charge is 0.357 e. The number of nitrogens with zero attached hydrogens (tertiary/aromatic N) is 2. The van der Waals surface area contributed by atoms with Gasteiger partial charge >= 0.3 is 0 Å². The molecule has 1 rings (SSSR count). The smallest absolute Gasteiger partial charge is 0.270 e. The van der Waals surface area contributed by atoms with E-state index in [0.29, 0.717) is 10.7 Å². The van der Waals surface area contributed by atoms with Crippen LogP contribution in [-0.2, 0) is 0 Å². The van der Waals surface area contributed by atoms with Crippen molar-refractivity contribution in [1.29, 1.82) is 0 Å². The summed E-state index contributed by atoms with van der Waals surface area (Å²) in [6.07, 6.45) is 1.48. The molecule has 6 nitrogen and oxygen atoms in total. The molecule has 0 aliphatic heterocycles. The Balaban J connectivity index is 2.60. The van der Waals surface area contributed by atoms with Crippen molar-refractivity contribution in [3.63, 3.8) is 0 Å². The van der Waals surface area contributed by atoms with E-state index < -0.39 is 4.92 Å². The zero-order valence-electron chi connectivity index (χ0n) is 11.0. The van der Waals surface area contributed by atoms with Gasteiger partial charge in [-0.3, -0.25) is 15.5 Å². The first-order valence-corrected chi connectivity index (χ1v) is 6.04. The van der Waals surface area contributed by atoms with Crippen molar-refractivity contribution < 1.29 is 4.92 Å². The van der Waals surface area contributed by atoms with Crippen LogP contribution in [0.25, 0.3) is 0 Å². The lowest BCUT2D eigenvalue weighted by molar-refractivity contribution is -0.384. The topological polar surface area (TPSA) is 79.6 Å². The molecule has 0 unspecified atom stereocenters. The van der Waals surface area contributed by atoms with Crippen LogP contribution in [0.4, 0.5) is 5.69 Å². The number of thiocarbonyl (C=S) groups is 1. The summed E-state index contributed by atoms with van der Waals surface area (Å²) in [6, 6.07) is 6.19. The van der Waals surface area contributed by atoms with Crippen molar-refractivity contribution >= 4 is 29.2 Å². The fourth-order valence-corrected chi connectivity index (χ4v) is 1.61. The molecule has 19 heavy (non-hydrogen) atoms. The van der Waals surface area contributed by atoms with Crippen molar-refractivity contribution in [2.24, 2.45) is 5.10 Å². The average molecular weight is 280 g/mol. The molecule has 1 aromatic rings. The van der Waals surface area contributed by atoms with Gasteiger partial charge in [0.2, 0.25) is 0 Å². The highest BCUT2D eigenvalue weighted by molar-refractivity contribution is 7.80. The zero-order chi connectivity index (χ0) is 14.5. The van der Waals surface area contributed by atoms with Gasteiger partial charge in [-0.05, 0) is 33.0 Å². The van der Waals surface area contributed by atoms with E-state index in [1.54, 1.807) is 12.1 Å². The Bertz CT molecular complexity index is 509. The summed E-state index contributed by atoms with van der Waals surface area (Å²) in [5.41, 5.74) is 3.16. The lowest BCUT2D eigenvalue weighted by atomic mass is 10.1. The van der Waals surface area contributed by atoms with Crippen LogP contribution in [0.2, 0.25) is 0 Å². The molecule has 0 saturated heterocycles. The Morgan fingerprint density at radius 2 is 2.16 bits per heavy atom. The number of hydrogen-bond acceptors (Lipinski definition) is 4. The normalized spacial score (nSPS) is 11.3.